The Hall–Kier alpha value is -0.610. The molecule has 16 heavy (non-hydrogen) atoms. The molecule has 0 N–H and O–H groups in total. The van der Waals surface area contributed by atoms with Crippen LogP contribution in [-0.2, 0) is 4.74 Å². The van der Waals surface area contributed by atoms with Gasteiger partial charge in [0.15, 0.2) is 0 Å². The van der Waals surface area contributed by atoms with Crippen LogP contribution in [0.1, 0.15) is 19.4 Å². The van der Waals surface area contributed by atoms with Crippen LogP contribution in [0, 0.1) is 6.92 Å². The highest BCUT2D eigenvalue weighted by Gasteiger charge is 2.31. The Kier molecular flexibility index (Phi) is 3.22. The SMILES string of the molecule is Cc1cc(N2CCOCC2(C)C)ncc1Br. The van der Waals surface area contributed by atoms with E-state index >= 15 is 0 Å². The molecule has 0 spiro atoms. The minimum absolute atomic E-state index is 0.0194. The maximum absolute atomic E-state index is 5.51. The summed E-state index contributed by atoms with van der Waals surface area (Å²) in [7, 11) is 0. The molecule has 88 valence electrons. The van der Waals surface area contributed by atoms with Crippen molar-refractivity contribution in [1.29, 1.82) is 0 Å². The maximum Gasteiger partial charge on any atom is 0.129 e. The molecular weight excluding hydrogens is 268 g/mol. The second kappa shape index (κ2) is 4.34. The van der Waals surface area contributed by atoms with Crippen molar-refractivity contribution in [1.82, 2.24) is 4.98 Å². The fourth-order valence-electron chi connectivity index (χ4n) is 1.96. The molecule has 0 atom stereocenters. The number of hydrogen-bond donors (Lipinski definition) is 0. The minimum Gasteiger partial charge on any atom is -0.377 e. The summed E-state index contributed by atoms with van der Waals surface area (Å²) in [5.41, 5.74) is 1.23. The molecule has 3 nitrogen and oxygen atoms in total. The summed E-state index contributed by atoms with van der Waals surface area (Å²) in [5.74, 6) is 1.04. The molecule has 4 heteroatoms. The molecule has 1 aromatic rings. The second-order valence-electron chi connectivity index (χ2n) is 4.81. The zero-order valence-corrected chi connectivity index (χ0v) is 11.5. The van der Waals surface area contributed by atoms with Gasteiger partial charge in [0.25, 0.3) is 0 Å². The van der Waals surface area contributed by atoms with Crippen molar-refractivity contribution >= 4 is 21.7 Å². The van der Waals surface area contributed by atoms with Crippen molar-refractivity contribution < 1.29 is 4.74 Å². The van der Waals surface area contributed by atoms with Crippen LogP contribution in [-0.4, -0.2) is 30.3 Å². The molecule has 1 aromatic heterocycles. The van der Waals surface area contributed by atoms with Crippen LogP contribution in [0.15, 0.2) is 16.7 Å². The Morgan fingerprint density at radius 2 is 2.25 bits per heavy atom. The van der Waals surface area contributed by atoms with E-state index in [1.54, 1.807) is 0 Å². The standard InChI is InChI=1S/C12H17BrN2O/c1-9-6-11(14-7-10(9)13)15-4-5-16-8-12(15,2)3/h6-7H,4-5,8H2,1-3H3. The number of morpholine rings is 1. The normalized spacial score (nSPS) is 19.9. The molecule has 0 bridgehead atoms. The van der Waals surface area contributed by atoms with Crippen molar-refractivity contribution in [3.63, 3.8) is 0 Å². The van der Waals surface area contributed by atoms with Gasteiger partial charge in [0.05, 0.1) is 18.8 Å². The smallest absolute Gasteiger partial charge is 0.129 e. The van der Waals surface area contributed by atoms with E-state index in [4.69, 9.17) is 4.74 Å². The van der Waals surface area contributed by atoms with Gasteiger partial charge in [-0.1, -0.05) is 0 Å². The van der Waals surface area contributed by atoms with Crippen LogP contribution >= 0.6 is 15.9 Å². The molecule has 0 amide bonds. The zero-order chi connectivity index (χ0) is 11.8. The van der Waals surface area contributed by atoms with Gasteiger partial charge in [-0.15, -0.1) is 0 Å². The molecule has 2 rings (SSSR count). The Labute approximate surface area is 105 Å². The number of hydrogen-bond acceptors (Lipinski definition) is 3. The van der Waals surface area contributed by atoms with Crippen molar-refractivity contribution in [2.24, 2.45) is 0 Å². The van der Waals surface area contributed by atoms with Crippen LogP contribution in [0.3, 0.4) is 0 Å². The number of pyridine rings is 1. The molecule has 1 aliphatic rings. The number of halogens is 1. The summed E-state index contributed by atoms with van der Waals surface area (Å²) in [4.78, 5) is 6.80. The molecule has 1 fully saturated rings. The lowest BCUT2D eigenvalue weighted by Gasteiger charge is -2.43. The van der Waals surface area contributed by atoms with Gasteiger partial charge in [0.1, 0.15) is 5.82 Å². The third-order valence-electron chi connectivity index (χ3n) is 2.95. The highest BCUT2D eigenvalue weighted by molar-refractivity contribution is 9.10. The third kappa shape index (κ3) is 2.23. The van der Waals surface area contributed by atoms with Gasteiger partial charge in [-0.05, 0) is 48.3 Å². The molecule has 0 unspecified atom stereocenters. The molecule has 0 saturated carbocycles. The predicted octanol–water partition coefficient (Wildman–Crippen LogP) is 2.77. The number of rotatable bonds is 1. The van der Waals surface area contributed by atoms with Crippen LogP contribution in [0.4, 0.5) is 5.82 Å². The minimum atomic E-state index is 0.0194. The van der Waals surface area contributed by atoms with Crippen LogP contribution in [0.25, 0.3) is 0 Å². The van der Waals surface area contributed by atoms with E-state index in [2.05, 4.69) is 52.7 Å². The molecule has 2 heterocycles. The largest absolute Gasteiger partial charge is 0.377 e. The fourth-order valence-corrected chi connectivity index (χ4v) is 2.17. The fraction of sp³-hybridized carbons (Fsp3) is 0.583. The first-order chi connectivity index (χ1) is 7.50. The van der Waals surface area contributed by atoms with E-state index in [9.17, 15) is 0 Å². The number of nitrogens with zero attached hydrogens (tertiary/aromatic N) is 2. The highest BCUT2D eigenvalue weighted by atomic mass is 79.9. The summed E-state index contributed by atoms with van der Waals surface area (Å²) < 4.78 is 6.57. The maximum atomic E-state index is 5.51. The van der Waals surface area contributed by atoms with Crippen molar-refractivity contribution in [3.8, 4) is 0 Å². The average molecular weight is 285 g/mol. The summed E-state index contributed by atoms with van der Waals surface area (Å²) in [5, 5.41) is 0. The van der Waals surface area contributed by atoms with E-state index in [0.29, 0.717) is 0 Å². The second-order valence-corrected chi connectivity index (χ2v) is 5.66. The molecule has 0 aliphatic carbocycles. The number of aryl methyl sites for hydroxylation is 1. The molecule has 0 aromatic carbocycles. The zero-order valence-electron chi connectivity index (χ0n) is 9.96. The Morgan fingerprint density at radius 1 is 1.50 bits per heavy atom. The van der Waals surface area contributed by atoms with Crippen LogP contribution in [0.5, 0.6) is 0 Å². The number of ether oxygens (including phenoxy) is 1. The Balaban J connectivity index is 2.31. The summed E-state index contributed by atoms with van der Waals surface area (Å²) in [6.45, 7) is 8.89. The van der Waals surface area contributed by atoms with E-state index in [0.717, 1.165) is 30.0 Å². The molecule has 1 saturated heterocycles. The van der Waals surface area contributed by atoms with Crippen molar-refractivity contribution in [3.05, 3.63) is 22.3 Å². The first-order valence-electron chi connectivity index (χ1n) is 5.48. The highest BCUT2D eigenvalue weighted by Crippen LogP contribution is 2.27. The summed E-state index contributed by atoms with van der Waals surface area (Å²) in [6.07, 6.45) is 1.87. The monoisotopic (exact) mass is 284 g/mol. The van der Waals surface area contributed by atoms with Gasteiger partial charge in [-0.2, -0.15) is 0 Å². The van der Waals surface area contributed by atoms with Crippen LogP contribution < -0.4 is 4.90 Å². The summed E-state index contributed by atoms with van der Waals surface area (Å²) in [6, 6.07) is 2.12. The first-order valence-corrected chi connectivity index (χ1v) is 6.27. The van der Waals surface area contributed by atoms with E-state index in [-0.39, 0.29) is 5.54 Å². The lowest BCUT2D eigenvalue weighted by Crippen LogP contribution is -2.53. The van der Waals surface area contributed by atoms with Gasteiger partial charge < -0.3 is 9.64 Å². The number of aromatic nitrogens is 1. The average Bonchev–Trinajstić information content (AvgIpc) is 2.22. The lowest BCUT2D eigenvalue weighted by molar-refractivity contribution is 0.0639. The van der Waals surface area contributed by atoms with Gasteiger partial charge >= 0.3 is 0 Å². The van der Waals surface area contributed by atoms with E-state index in [1.165, 1.54) is 5.56 Å². The molecular formula is C12H17BrN2O. The topological polar surface area (TPSA) is 25.4 Å². The Bertz CT molecular complexity index is 393. The lowest BCUT2D eigenvalue weighted by atomic mass is 10.0. The first kappa shape index (κ1) is 11.9. The van der Waals surface area contributed by atoms with E-state index < -0.39 is 0 Å². The number of anilines is 1. The Morgan fingerprint density at radius 3 is 2.88 bits per heavy atom. The van der Waals surface area contributed by atoms with Crippen molar-refractivity contribution in [2.75, 3.05) is 24.7 Å². The van der Waals surface area contributed by atoms with Gasteiger partial charge in [-0.25, -0.2) is 4.98 Å². The van der Waals surface area contributed by atoms with Gasteiger partial charge in [0, 0.05) is 17.2 Å². The molecule has 0 radical (unpaired) electrons. The molecule has 1 aliphatic heterocycles. The summed E-state index contributed by atoms with van der Waals surface area (Å²) >= 11 is 3.48. The van der Waals surface area contributed by atoms with E-state index in [1.807, 2.05) is 6.20 Å². The van der Waals surface area contributed by atoms with Gasteiger partial charge in [-0.3, -0.25) is 0 Å². The van der Waals surface area contributed by atoms with Gasteiger partial charge in [0.2, 0.25) is 0 Å². The predicted molar refractivity (Wildman–Crippen MR) is 68.9 cm³/mol. The van der Waals surface area contributed by atoms with Crippen LogP contribution in [0.2, 0.25) is 0 Å². The van der Waals surface area contributed by atoms with Crippen molar-refractivity contribution in [2.45, 2.75) is 26.3 Å². The quantitative estimate of drug-likeness (QED) is 0.793. The third-order valence-corrected chi connectivity index (χ3v) is 3.78.